The number of hydrogen-bond acceptors (Lipinski definition) is 9. The maximum atomic E-state index is 15.5. The van der Waals surface area contributed by atoms with Gasteiger partial charge in [-0.25, -0.2) is 23.5 Å². The van der Waals surface area contributed by atoms with Gasteiger partial charge < -0.3 is 14.2 Å². The third-order valence-electron chi connectivity index (χ3n) is 5.52. The highest BCUT2D eigenvalue weighted by Crippen LogP contribution is 2.36. The van der Waals surface area contributed by atoms with Crippen LogP contribution in [0.3, 0.4) is 0 Å². The molecule has 1 aliphatic heterocycles. The second-order valence-corrected chi connectivity index (χ2v) is 8.16. The lowest BCUT2D eigenvalue weighted by molar-refractivity contribution is -0.156. The Morgan fingerprint density at radius 2 is 1.97 bits per heavy atom. The van der Waals surface area contributed by atoms with E-state index in [2.05, 4.69) is 21.2 Å². The molecule has 1 N–H and O–H groups in total. The molecule has 1 amide bonds. The molecule has 0 unspecified atom stereocenters. The van der Waals surface area contributed by atoms with Crippen molar-refractivity contribution in [2.24, 2.45) is 0 Å². The first kappa shape index (κ1) is 25.5. The van der Waals surface area contributed by atoms with E-state index in [4.69, 9.17) is 20.6 Å². The number of fused-ring (bicyclic) bond motifs is 1. The number of ether oxygens (including phenoxy) is 3. The number of hydrogen-bond donors (Lipinski definition) is 1. The van der Waals surface area contributed by atoms with Gasteiger partial charge in [0.05, 0.1) is 18.3 Å². The molecule has 0 bridgehead atoms. The first-order valence-electron chi connectivity index (χ1n) is 11.0. The largest absolute Gasteiger partial charge is 0.454 e. The van der Waals surface area contributed by atoms with Crippen molar-refractivity contribution in [2.45, 2.75) is 52.1 Å². The van der Waals surface area contributed by atoms with Crippen molar-refractivity contribution in [3.8, 4) is 12.3 Å². The van der Waals surface area contributed by atoms with Crippen molar-refractivity contribution >= 4 is 35.0 Å². The molecule has 0 spiro atoms. The predicted molar refractivity (Wildman–Crippen MR) is 126 cm³/mol. The van der Waals surface area contributed by atoms with Crippen LogP contribution in [0.1, 0.15) is 36.0 Å². The van der Waals surface area contributed by atoms with Gasteiger partial charge in [0.1, 0.15) is 5.52 Å². The van der Waals surface area contributed by atoms with Crippen LogP contribution in [0.4, 0.5) is 10.3 Å². The minimum absolute atomic E-state index is 0.0840. The summed E-state index contributed by atoms with van der Waals surface area (Å²) in [6.07, 6.45) is -0.605. The van der Waals surface area contributed by atoms with Crippen LogP contribution < -0.4 is 11.0 Å². The lowest BCUT2D eigenvalue weighted by atomic mass is 10.1. The summed E-state index contributed by atoms with van der Waals surface area (Å²) in [4.78, 5) is 57.6. The topological polar surface area (TPSA) is 144 Å². The van der Waals surface area contributed by atoms with Gasteiger partial charge in [-0.1, -0.05) is 24.1 Å². The average Bonchev–Trinajstić information content (AvgIpc) is 3.26. The normalized spacial score (nSPS) is 20.8. The maximum absolute atomic E-state index is 15.5. The summed E-state index contributed by atoms with van der Waals surface area (Å²) in [5.74, 6) is -0.0164. The molecule has 1 saturated heterocycles. The fourth-order valence-corrected chi connectivity index (χ4v) is 3.94. The van der Waals surface area contributed by atoms with Gasteiger partial charge in [0.25, 0.3) is 0 Å². The van der Waals surface area contributed by atoms with E-state index in [1.807, 2.05) is 0 Å². The smallest absolute Gasteiger partial charge is 0.340 e. The zero-order valence-electron chi connectivity index (χ0n) is 20.0. The van der Waals surface area contributed by atoms with Crippen molar-refractivity contribution < 1.29 is 33.0 Å². The summed E-state index contributed by atoms with van der Waals surface area (Å²) in [6.45, 7) is 3.77. The Balaban J connectivity index is 1.79. The summed E-state index contributed by atoms with van der Waals surface area (Å²) in [6, 6.07) is 6.51. The van der Waals surface area contributed by atoms with Crippen molar-refractivity contribution in [3.05, 3.63) is 52.1 Å². The minimum Gasteiger partial charge on any atom is -0.454 e. The second kappa shape index (κ2) is 10.2. The Morgan fingerprint density at radius 1 is 1.24 bits per heavy atom. The van der Waals surface area contributed by atoms with E-state index in [1.54, 1.807) is 25.1 Å². The molecule has 0 saturated carbocycles. The van der Waals surface area contributed by atoms with E-state index in [-0.39, 0.29) is 29.2 Å². The van der Waals surface area contributed by atoms with Crippen molar-refractivity contribution in [2.75, 3.05) is 5.32 Å². The van der Waals surface area contributed by atoms with Gasteiger partial charge in [-0.05, 0) is 18.6 Å². The molecule has 0 radical (unpaired) electrons. The molecule has 13 heteroatoms. The van der Waals surface area contributed by atoms with Gasteiger partial charge in [-0.15, -0.1) is 6.42 Å². The highest BCUT2D eigenvalue weighted by Gasteiger charge is 2.52. The number of carbonyl (C=O) groups excluding carboxylic acids is 3. The molecule has 1 fully saturated rings. The molecule has 4 rings (SSSR count). The van der Waals surface area contributed by atoms with Crippen LogP contribution in [-0.2, 0) is 30.3 Å². The summed E-state index contributed by atoms with van der Waals surface area (Å²) in [5.41, 5.74) is 0.0608. The summed E-state index contributed by atoms with van der Waals surface area (Å²) >= 11 is 0. The molecule has 0 aliphatic carbocycles. The monoisotopic (exact) mass is 511 g/mol. The van der Waals surface area contributed by atoms with Crippen LogP contribution >= 0.6 is 0 Å². The number of esters is 2. The molecule has 1 aliphatic rings. The van der Waals surface area contributed by atoms with Crippen LogP contribution in [-0.4, -0.2) is 55.5 Å². The molecule has 1 aromatic carbocycles. The lowest BCUT2D eigenvalue weighted by Gasteiger charge is -2.19. The number of alkyl halides is 1. The number of aryl methyl sites for hydroxylation is 1. The number of carbonyl (C=O) groups is 3. The number of imidazole rings is 1. The molecular weight excluding hydrogens is 489 g/mol. The maximum Gasteiger partial charge on any atom is 0.340 e. The van der Waals surface area contributed by atoms with E-state index in [1.165, 1.54) is 19.2 Å². The number of rotatable bonds is 6. The molecular formula is C24H22FN5O7. The second-order valence-electron chi connectivity index (χ2n) is 8.16. The molecule has 12 nitrogen and oxygen atoms in total. The average molecular weight is 511 g/mol. The predicted octanol–water partition coefficient (Wildman–Crippen LogP) is 1.47. The number of aromatic nitrogens is 4. The van der Waals surface area contributed by atoms with Gasteiger partial charge in [-0.3, -0.25) is 19.5 Å². The van der Waals surface area contributed by atoms with E-state index >= 15 is 4.39 Å². The zero-order chi connectivity index (χ0) is 26.9. The molecule has 2 aromatic heterocycles. The Hall–Kier alpha value is -4.57. The standard InChI is InChI=1S/C24H22FN5O7/c1-5-10-29-16-11-26-23(27-13(3)31)28-19(16)30(24(29)34)20-18(35-14(4)32)17(25)22(36-20)37-21(33)15-9-7-6-8-12(15)2/h1,6-9,11,17-18,20,22H,10H2,2-4H3,(H,26,27,28,31)/t17-,18-,20-,22-/m1/s1. The first-order chi connectivity index (χ1) is 17.6. The van der Waals surface area contributed by atoms with E-state index < -0.39 is 48.3 Å². The molecule has 4 atom stereocenters. The van der Waals surface area contributed by atoms with Crippen molar-refractivity contribution in [1.82, 2.24) is 19.1 Å². The molecule has 192 valence electrons. The Bertz CT molecular complexity index is 1490. The van der Waals surface area contributed by atoms with Crippen LogP contribution in [0, 0.1) is 19.3 Å². The molecule has 3 aromatic rings. The lowest BCUT2D eigenvalue weighted by Crippen LogP contribution is -2.37. The van der Waals surface area contributed by atoms with E-state index in [0.29, 0.717) is 5.56 Å². The highest BCUT2D eigenvalue weighted by atomic mass is 19.1. The summed E-state index contributed by atoms with van der Waals surface area (Å²) < 4.78 is 33.7. The van der Waals surface area contributed by atoms with Gasteiger partial charge in [-0.2, -0.15) is 4.98 Å². The molecule has 3 heterocycles. The van der Waals surface area contributed by atoms with E-state index in [9.17, 15) is 19.2 Å². The third-order valence-corrected chi connectivity index (χ3v) is 5.52. The highest BCUT2D eigenvalue weighted by molar-refractivity contribution is 5.91. The first-order valence-corrected chi connectivity index (χ1v) is 11.0. The van der Waals surface area contributed by atoms with E-state index in [0.717, 1.165) is 16.1 Å². The van der Waals surface area contributed by atoms with Crippen LogP contribution in [0.15, 0.2) is 35.3 Å². The number of nitrogens with zero attached hydrogens (tertiary/aromatic N) is 4. The Morgan fingerprint density at radius 3 is 2.62 bits per heavy atom. The zero-order valence-corrected chi connectivity index (χ0v) is 20.0. The number of nitrogens with one attached hydrogen (secondary N) is 1. The number of terminal acetylenes is 1. The van der Waals surface area contributed by atoms with Crippen LogP contribution in [0.25, 0.3) is 11.2 Å². The summed E-state index contributed by atoms with van der Waals surface area (Å²) in [5, 5.41) is 2.39. The molecule has 37 heavy (non-hydrogen) atoms. The minimum atomic E-state index is -2.16. The number of halogens is 1. The Labute approximate surface area is 209 Å². The van der Waals surface area contributed by atoms with Crippen LogP contribution in [0.2, 0.25) is 0 Å². The fourth-order valence-electron chi connectivity index (χ4n) is 3.94. The van der Waals surface area contributed by atoms with Gasteiger partial charge in [0.15, 0.2) is 18.0 Å². The number of benzene rings is 1. The van der Waals surface area contributed by atoms with Crippen LogP contribution in [0.5, 0.6) is 0 Å². The summed E-state index contributed by atoms with van der Waals surface area (Å²) in [7, 11) is 0. The van der Waals surface area contributed by atoms with Crippen molar-refractivity contribution in [3.63, 3.8) is 0 Å². The quantitative estimate of drug-likeness (QED) is 0.384. The Kier molecular flexibility index (Phi) is 7.03. The van der Waals surface area contributed by atoms with Gasteiger partial charge in [0, 0.05) is 13.8 Å². The number of anilines is 1. The number of amides is 1. The third kappa shape index (κ3) is 4.91. The van der Waals surface area contributed by atoms with Crippen molar-refractivity contribution in [1.29, 1.82) is 0 Å². The van der Waals surface area contributed by atoms with Gasteiger partial charge >= 0.3 is 17.6 Å². The SMILES string of the molecule is C#CCn1c(=O)n([C@@H]2O[C@H](OC(=O)c3ccccc3C)[C@H](F)[C@H]2OC(C)=O)c2nc(NC(C)=O)ncc21. The van der Waals surface area contributed by atoms with Gasteiger partial charge in [0.2, 0.25) is 24.3 Å². The fraction of sp³-hybridized carbons (Fsp3) is 0.333.